The van der Waals surface area contributed by atoms with Crippen LogP contribution in [0.4, 0.5) is 0 Å². The number of ether oxygens (including phenoxy) is 2. The van der Waals surface area contributed by atoms with Crippen molar-refractivity contribution in [3.63, 3.8) is 0 Å². The van der Waals surface area contributed by atoms with E-state index in [1.165, 1.54) is 31.4 Å². The Morgan fingerprint density at radius 1 is 0.926 bits per heavy atom. The van der Waals surface area contributed by atoms with E-state index in [1.54, 1.807) is 6.92 Å². The van der Waals surface area contributed by atoms with Gasteiger partial charge in [0.2, 0.25) is 5.78 Å². The van der Waals surface area contributed by atoms with E-state index in [0.717, 1.165) is 16.6 Å². The molecule has 0 spiro atoms. The Morgan fingerprint density at radius 2 is 1.52 bits per heavy atom. The zero-order chi connectivity index (χ0) is 19.6. The van der Waals surface area contributed by atoms with Crippen molar-refractivity contribution in [1.82, 2.24) is 4.98 Å². The topological polar surface area (TPSA) is 85.5 Å². The molecule has 6 nitrogen and oxygen atoms in total. The van der Waals surface area contributed by atoms with Gasteiger partial charge in [-0.3, -0.25) is 4.79 Å². The number of nitrogens with one attached hydrogen (secondary N) is 1. The summed E-state index contributed by atoms with van der Waals surface area (Å²) in [5.74, 6) is -1.40. The van der Waals surface area contributed by atoms with Crippen LogP contribution in [0.2, 0.25) is 0 Å². The third-order valence-corrected chi connectivity index (χ3v) is 4.33. The van der Waals surface area contributed by atoms with Crippen LogP contribution in [0.5, 0.6) is 0 Å². The quantitative estimate of drug-likeness (QED) is 0.550. The summed E-state index contributed by atoms with van der Waals surface area (Å²) in [7, 11) is 1.28. The third kappa shape index (κ3) is 3.60. The van der Waals surface area contributed by atoms with Gasteiger partial charge in [0.05, 0.1) is 18.2 Å². The number of aryl methyl sites for hydroxylation is 1. The van der Waals surface area contributed by atoms with Crippen molar-refractivity contribution in [1.29, 1.82) is 0 Å². The number of benzene rings is 2. The van der Waals surface area contributed by atoms with Gasteiger partial charge in [0, 0.05) is 22.2 Å². The third-order valence-electron chi connectivity index (χ3n) is 4.33. The maximum atomic E-state index is 12.8. The summed E-state index contributed by atoms with van der Waals surface area (Å²) < 4.78 is 9.95. The summed E-state index contributed by atoms with van der Waals surface area (Å²) in [5, 5.41) is 0.797. The number of esters is 2. The van der Waals surface area contributed by atoms with Crippen LogP contribution in [-0.4, -0.2) is 35.9 Å². The highest BCUT2D eigenvalue weighted by atomic mass is 16.5. The molecule has 138 valence electrons. The average Bonchev–Trinajstić information content (AvgIpc) is 3.02. The molecule has 1 heterocycles. The maximum Gasteiger partial charge on any atom is 0.338 e. The molecule has 1 N–H and O–H groups in total. The predicted octanol–water partition coefficient (Wildman–Crippen LogP) is 3.69. The van der Waals surface area contributed by atoms with Crippen LogP contribution in [0.1, 0.15) is 43.7 Å². The lowest BCUT2D eigenvalue weighted by atomic mass is 10.0. The molecule has 0 aliphatic rings. The van der Waals surface area contributed by atoms with Crippen LogP contribution >= 0.6 is 0 Å². The summed E-state index contributed by atoms with van der Waals surface area (Å²) in [6, 6.07) is 13.3. The molecule has 3 rings (SSSR count). The molecule has 27 heavy (non-hydrogen) atoms. The number of aromatic nitrogens is 1. The van der Waals surface area contributed by atoms with E-state index in [4.69, 9.17) is 4.74 Å². The molecule has 0 unspecified atom stereocenters. The van der Waals surface area contributed by atoms with Crippen molar-refractivity contribution in [3.05, 3.63) is 70.9 Å². The number of rotatable bonds is 5. The van der Waals surface area contributed by atoms with Gasteiger partial charge in [0.15, 0.2) is 6.10 Å². The predicted molar refractivity (Wildman–Crippen MR) is 100 cm³/mol. The Labute approximate surface area is 156 Å². The molecule has 0 aliphatic carbocycles. The number of methoxy groups -OCH3 is 1. The van der Waals surface area contributed by atoms with E-state index in [2.05, 4.69) is 9.72 Å². The van der Waals surface area contributed by atoms with Gasteiger partial charge in [0.1, 0.15) is 0 Å². The highest BCUT2D eigenvalue weighted by Crippen LogP contribution is 2.24. The van der Waals surface area contributed by atoms with Crippen molar-refractivity contribution in [2.24, 2.45) is 0 Å². The molecule has 1 aromatic heterocycles. The van der Waals surface area contributed by atoms with Crippen molar-refractivity contribution >= 4 is 28.6 Å². The molecule has 0 aliphatic heterocycles. The number of para-hydroxylation sites is 1. The van der Waals surface area contributed by atoms with E-state index in [1.807, 2.05) is 31.2 Å². The van der Waals surface area contributed by atoms with E-state index in [-0.39, 0.29) is 11.3 Å². The fourth-order valence-corrected chi connectivity index (χ4v) is 2.94. The Hall–Kier alpha value is -3.41. The number of aromatic amines is 1. The summed E-state index contributed by atoms with van der Waals surface area (Å²) in [6.45, 7) is 3.36. The minimum absolute atomic E-state index is 0.248. The molecule has 0 amide bonds. The standard InChI is InChI=1S/C21H19NO5/c1-12-18(16-6-4-5-7-17(16)22-12)19(23)13(2)27-21(25)15-10-8-14(9-11-15)20(24)26-3/h4-11,13,22H,1-3H3/t13-/m0/s1. The van der Waals surface area contributed by atoms with Crippen molar-refractivity contribution in [3.8, 4) is 0 Å². The fourth-order valence-electron chi connectivity index (χ4n) is 2.94. The number of hydrogen-bond acceptors (Lipinski definition) is 5. The zero-order valence-electron chi connectivity index (χ0n) is 15.2. The van der Waals surface area contributed by atoms with E-state index in [0.29, 0.717) is 11.1 Å². The molecule has 6 heteroatoms. The second-order valence-corrected chi connectivity index (χ2v) is 6.15. The summed E-state index contributed by atoms with van der Waals surface area (Å²) in [4.78, 5) is 39.8. The van der Waals surface area contributed by atoms with Crippen LogP contribution in [-0.2, 0) is 9.47 Å². The smallest absolute Gasteiger partial charge is 0.338 e. The fraction of sp³-hybridized carbons (Fsp3) is 0.190. The molecule has 3 aromatic rings. The number of hydrogen-bond donors (Lipinski definition) is 1. The lowest BCUT2D eigenvalue weighted by molar-refractivity contribution is 0.0319. The number of carbonyl (C=O) groups excluding carboxylic acids is 3. The maximum absolute atomic E-state index is 12.8. The molecule has 0 fully saturated rings. The molecular formula is C21H19NO5. The number of ketones is 1. The van der Waals surface area contributed by atoms with Gasteiger partial charge in [-0.2, -0.15) is 0 Å². The zero-order valence-corrected chi connectivity index (χ0v) is 15.2. The van der Waals surface area contributed by atoms with Gasteiger partial charge in [-0.15, -0.1) is 0 Å². The largest absolute Gasteiger partial charge is 0.465 e. The van der Waals surface area contributed by atoms with E-state index < -0.39 is 18.0 Å². The van der Waals surface area contributed by atoms with Crippen LogP contribution in [0, 0.1) is 6.92 Å². The second kappa shape index (κ2) is 7.45. The molecule has 0 saturated heterocycles. The summed E-state index contributed by atoms with van der Waals surface area (Å²) in [6.07, 6.45) is -0.948. The average molecular weight is 365 g/mol. The molecule has 0 bridgehead atoms. The van der Waals surface area contributed by atoms with E-state index in [9.17, 15) is 14.4 Å². The molecule has 0 radical (unpaired) electrons. The van der Waals surface area contributed by atoms with Gasteiger partial charge >= 0.3 is 11.9 Å². The van der Waals surface area contributed by atoms with Gasteiger partial charge in [0.25, 0.3) is 0 Å². The first-order valence-corrected chi connectivity index (χ1v) is 8.43. The molecule has 0 saturated carbocycles. The van der Waals surface area contributed by atoms with Crippen molar-refractivity contribution < 1.29 is 23.9 Å². The number of fused-ring (bicyclic) bond motifs is 1. The lowest BCUT2D eigenvalue weighted by Crippen LogP contribution is -2.25. The van der Waals surface area contributed by atoms with Crippen LogP contribution in [0.3, 0.4) is 0 Å². The Morgan fingerprint density at radius 3 is 2.15 bits per heavy atom. The number of Topliss-reactive ketones (excluding diaryl/α,β-unsaturated/α-hetero) is 1. The number of carbonyl (C=O) groups is 3. The van der Waals surface area contributed by atoms with Crippen LogP contribution in [0.25, 0.3) is 10.9 Å². The van der Waals surface area contributed by atoms with Gasteiger partial charge in [-0.1, -0.05) is 18.2 Å². The molecular weight excluding hydrogens is 346 g/mol. The van der Waals surface area contributed by atoms with Crippen LogP contribution < -0.4 is 0 Å². The highest BCUT2D eigenvalue weighted by Gasteiger charge is 2.25. The minimum Gasteiger partial charge on any atom is -0.465 e. The minimum atomic E-state index is -0.948. The second-order valence-electron chi connectivity index (χ2n) is 6.15. The molecule has 1 atom stereocenters. The van der Waals surface area contributed by atoms with Gasteiger partial charge < -0.3 is 14.5 Å². The van der Waals surface area contributed by atoms with Gasteiger partial charge in [-0.25, -0.2) is 9.59 Å². The van der Waals surface area contributed by atoms with E-state index >= 15 is 0 Å². The Kier molecular flexibility index (Phi) is 5.07. The SMILES string of the molecule is COC(=O)c1ccc(C(=O)O[C@@H](C)C(=O)c2c(C)[nH]c3ccccc23)cc1. The van der Waals surface area contributed by atoms with Crippen molar-refractivity contribution in [2.45, 2.75) is 20.0 Å². The highest BCUT2D eigenvalue weighted by molar-refractivity contribution is 6.11. The number of H-pyrrole nitrogens is 1. The first-order chi connectivity index (χ1) is 12.9. The molecule has 2 aromatic carbocycles. The Balaban J connectivity index is 1.77. The normalized spacial score (nSPS) is 11.8. The van der Waals surface area contributed by atoms with Gasteiger partial charge in [-0.05, 0) is 44.2 Å². The Bertz CT molecular complexity index is 1020. The van der Waals surface area contributed by atoms with Crippen LogP contribution in [0.15, 0.2) is 48.5 Å². The summed E-state index contributed by atoms with van der Waals surface area (Å²) in [5.41, 5.74) is 2.68. The monoisotopic (exact) mass is 365 g/mol. The lowest BCUT2D eigenvalue weighted by Gasteiger charge is -2.13. The first-order valence-electron chi connectivity index (χ1n) is 8.43. The summed E-state index contributed by atoms with van der Waals surface area (Å²) >= 11 is 0. The van der Waals surface area contributed by atoms with Crippen molar-refractivity contribution in [2.75, 3.05) is 7.11 Å². The first kappa shape index (κ1) is 18.4.